The van der Waals surface area contributed by atoms with Gasteiger partial charge in [0.2, 0.25) is 5.65 Å². The van der Waals surface area contributed by atoms with Crippen molar-refractivity contribution >= 4 is 11.5 Å². The lowest BCUT2D eigenvalue weighted by atomic mass is 9.98. The number of hydrogen-bond acceptors (Lipinski definition) is 4. The van der Waals surface area contributed by atoms with Gasteiger partial charge in [0.15, 0.2) is 0 Å². The average molecular weight is 341 g/mol. The van der Waals surface area contributed by atoms with E-state index in [-0.39, 0.29) is 6.61 Å². The number of nitrogens with zero attached hydrogens (tertiary/aromatic N) is 5. The van der Waals surface area contributed by atoms with Crippen molar-refractivity contribution in [2.75, 3.05) is 0 Å². The van der Waals surface area contributed by atoms with Gasteiger partial charge in [0.25, 0.3) is 5.82 Å². The number of aliphatic hydroxyl groups is 1. The van der Waals surface area contributed by atoms with Crippen LogP contribution < -0.4 is 0 Å². The van der Waals surface area contributed by atoms with E-state index in [1.165, 1.54) is 0 Å². The van der Waals surface area contributed by atoms with E-state index in [4.69, 9.17) is 6.57 Å². The summed E-state index contributed by atoms with van der Waals surface area (Å²) in [6.07, 6.45) is 5.07. The van der Waals surface area contributed by atoms with Crippen molar-refractivity contribution in [1.29, 1.82) is 0 Å². The van der Waals surface area contributed by atoms with Gasteiger partial charge in [-0.25, -0.2) is 9.38 Å². The maximum Gasteiger partial charge on any atom is 0.254 e. The van der Waals surface area contributed by atoms with E-state index in [2.05, 4.69) is 19.8 Å². The second-order valence-corrected chi connectivity index (χ2v) is 5.89. The molecule has 126 valence electrons. The highest BCUT2D eigenvalue weighted by molar-refractivity contribution is 5.82. The van der Waals surface area contributed by atoms with Gasteiger partial charge in [-0.1, -0.05) is 12.6 Å². The van der Waals surface area contributed by atoms with E-state index >= 15 is 0 Å². The molecule has 1 N–H and O–H groups in total. The molecule has 0 spiro atoms. The van der Waals surface area contributed by atoms with Gasteiger partial charge in [-0.3, -0.25) is 9.97 Å². The fraction of sp³-hybridized carbons (Fsp3) is 0.100. The molecule has 4 heterocycles. The number of pyridine rings is 3. The predicted octanol–water partition coefficient (Wildman–Crippen LogP) is 3.81. The molecule has 6 heteroatoms. The Bertz CT molecular complexity index is 1160. The SMILES string of the molecule is [C-]#[N+]c1cnc2ccc(-c3c(CO)ccnc3-c3cccc(C)n3)cn12. The average Bonchev–Trinajstić information content (AvgIpc) is 3.09. The fourth-order valence-corrected chi connectivity index (χ4v) is 3.02. The minimum Gasteiger partial charge on any atom is -0.392 e. The van der Waals surface area contributed by atoms with Crippen molar-refractivity contribution < 1.29 is 5.11 Å². The molecule has 0 radical (unpaired) electrons. The monoisotopic (exact) mass is 341 g/mol. The third kappa shape index (κ3) is 2.61. The van der Waals surface area contributed by atoms with E-state index in [0.717, 1.165) is 28.1 Å². The quantitative estimate of drug-likeness (QED) is 0.575. The molecule has 0 bridgehead atoms. The number of aliphatic hydroxyl groups excluding tert-OH is 1. The molecule has 0 aliphatic rings. The third-order valence-electron chi connectivity index (χ3n) is 4.23. The number of imidazole rings is 1. The smallest absolute Gasteiger partial charge is 0.254 e. The van der Waals surface area contributed by atoms with Crippen LogP contribution in [0.2, 0.25) is 0 Å². The molecule has 6 nitrogen and oxygen atoms in total. The standard InChI is InChI=1S/C20H15N5O/c1-13-4-3-5-16(24-13)20-19(15(12-26)8-9-22-20)14-6-7-17-23-10-18(21-2)25(17)11-14/h3-11,26H,12H2,1H3. The molecule has 0 fully saturated rings. The highest BCUT2D eigenvalue weighted by Gasteiger charge is 2.17. The molecule has 0 aliphatic heterocycles. The minimum absolute atomic E-state index is 0.117. The lowest BCUT2D eigenvalue weighted by Crippen LogP contribution is -1.99. The van der Waals surface area contributed by atoms with Gasteiger partial charge >= 0.3 is 0 Å². The molecular weight excluding hydrogens is 326 g/mol. The van der Waals surface area contributed by atoms with Gasteiger partial charge in [0.1, 0.15) is 0 Å². The normalized spacial score (nSPS) is 10.8. The number of rotatable bonds is 3. The molecule has 0 saturated carbocycles. The summed E-state index contributed by atoms with van der Waals surface area (Å²) in [5.41, 5.74) is 5.43. The molecule has 4 aromatic heterocycles. The van der Waals surface area contributed by atoms with Crippen LogP contribution >= 0.6 is 0 Å². The molecule has 0 unspecified atom stereocenters. The topological polar surface area (TPSA) is 67.7 Å². The Morgan fingerprint density at radius 2 is 2.04 bits per heavy atom. The first-order valence-electron chi connectivity index (χ1n) is 8.09. The second kappa shape index (κ2) is 6.39. The van der Waals surface area contributed by atoms with E-state index in [9.17, 15) is 5.11 Å². The van der Waals surface area contributed by atoms with Crippen molar-refractivity contribution in [3.05, 3.63) is 77.7 Å². The first kappa shape index (κ1) is 15.9. The summed E-state index contributed by atoms with van der Waals surface area (Å²) >= 11 is 0. The van der Waals surface area contributed by atoms with Crippen LogP contribution in [-0.4, -0.2) is 24.5 Å². The largest absolute Gasteiger partial charge is 0.392 e. The summed E-state index contributed by atoms with van der Waals surface area (Å²) in [6.45, 7) is 9.11. The van der Waals surface area contributed by atoms with Crippen molar-refractivity contribution in [1.82, 2.24) is 19.4 Å². The Morgan fingerprint density at radius 1 is 1.15 bits per heavy atom. The van der Waals surface area contributed by atoms with Crippen LogP contribution in [0.3, 0.4) is 0 Å². The van der Waals surface area contributed by atoms with Crippen molar-refractivity contribution in [2.24, 2.45) is 0 Å². The summed E-state index contributed by atoms with van der Waals surface area (Å²) in [6, 6.07) is 11.3. The fourth-order valence-electron chi connectivity index (χ4n) is 3.02. The summed E-state index contributed by atoms with van der Waals surface area (Å²) in [4.78, 5) is 16.8. The van der Waals surface area contributed by atoms with E-state index < -0.39 is 0 Å². The first-order valence-corrected chi connectivity index (χ1v) is 8.09. The summed E-state index contributed by atoms with van der Waals surface area (Å²) < 4.78 is 1.74. The van der Waals surface area contributed by atoms with Gasteiger partial charge in [0.05, 0.1) is 30.4 Å². The Balaban J connectivity index is 2.00. The van der Waals surface area contributed by atoms with Gasteiger partial charge in [-0.15, -0.1) is 0 Å². The van der Waals surface area contributed by atoms with Crippen molar-refractivity contribution in [3.63, 3.8) is 0 Å². The molecule has 4 rings (SSSR count). The number of hydrogen-bond donors (Lipinski definition) is 1. The molecular formula is C20H15N5O. The Kier molecular flexibility index (Phi) is 3.92. The Morgan fingerprint density at radius 3 is 2.81 bits per heavy atom. The third-order valence-corrected chi connectivity index (χ3v) is 4.23. The Hall–Kier alpha value is -3.56. The van der Waals surface area contributed by atoms with Crippen LogP contribution in [0.25, 0.3) is 33.0 Å². The second-order valence-electron chi connectivity index (χ2n) is 5.89. The molecule has 4 aromatic rings. The van der Waals surface area contributed by atoms with Crippen LogP contribution in [0.1, 0.15) is 11.3 Å². The molecule has 26 heavy (non-hydrogen) atoms. The van der Waals surface area contributed by atoms with E-state index in [1.807, 2.05) is 43.5 Å². The zero-order chi connectivity index (χ0) is 18.1. The van der Waals surface area contributed by atoms with Crippen LogP contribution in [0.4, 0.5) is 5.82 Å². The van der Waals surface area contributed by atoms with Gasteiger partial charge in [0, 0.05) is 29.1 Å². The zero-order valence-electron chi connectivity index (χ0n) is 14.1. The van der Waals surface area contributed by atoms with Crippen molar-refractivity contribution in [2.45, 2.75) is 13.5 Å². The van der Waals surface area contributed by atoms with Gasteiger partial charge < -0.3 is 9.95 Å². The van der Waals surface area contributed by atoms with Gasteiger partial charge in [-0.2, -0.15) is 0 Å². The molecule has 0 aliphatic carbocycles. The van der Waals surface area contributed by atoms with Gasteiger partial charge in [-0.05, 0) is 36.8 Å². The van der Waals surface area contributed by atoms with Crippen molar-refractivity contribution in [3.8, 4) is 22.5 Å². The summed E-state index contributed by atoms with van der Waals surface area (Å²) in [5, 5.41) is 9.86. The maximum atomic E-state index is 9.86. The Labute approximate surface area is 150 Å². The summed E-state index contributed by atoms with van der Waals surface area (Å²) in [5.74, 6) is 0.437. The lowest BCUT2D eigenvalue weighted by Gasteiger charge is -2.13. The summed E-state index contributed by atoms with van der Waals surface area (Å²) in [7, 11) is 0. The molecule has 0 atom stereocenters. The highest BCUT2D eigenvalue weighted by Crippen LogP contribution is 2.33. The maximum absolute atomic E-state index is 9.86. The van der Waals surface area contributed by atoms with Crippen LogP contribution in [0, 0.1) is 13.5 Å². The lowest BCUT2D eigenvalue weighted by molar-refractivity contribution is 0.282. The molecule has 0 aromatic carbocycles. The number of fused-ring (bicyclic) bond motifs is 1. The number of aromatic nitrogens is 4. The first-order chi connectivity index (χ1) is 12.7. The van der Waals surface area contributed by atoms with Crippen LogP contribution in [-0.2, 0) is 6.61 Å². The molecule has 0 saturated heterocycles. The zero-order valence-corrected chi connectivity index (χ0v) is 14.1. The van der Waals surface area contributed by atoms with E-state index in [0.29, 0.717) is 17.2 Å². The number of aryl methyl sites for hydroxylation is 1. The van der Waals surface area contributed by atoms with E-state index in [1.54, 1.807) is 22.9 Å². The van der Waals surface area contributed by atoms with Crippen LogP contribution in [0.15, 0.2) is 55.0 Å². The minimum atomic E-state index is -0.117. The highest BCUT2D eigenvalue weighted by atomic mass is 16.3. The molecule has 0 amide bonds. The predicted molar refractivity (Wildman–Crippen MR) is 98.6 cm³/mol. The van der Waals surface area contributed by atoms with Crippen LogP contribution in [0.5, 0.6) is 0 Å².